The van der Waals surface area contributed by atoms with Gasteiger partial charge in [-0.15, -0.1) is 0 Å². The van der Waals surface area contributed by atoms with Crippen molar-refractivity contribution in [2.24, 2.45) is 5.73 Å². The lowest BCUT2D eigenvalue weighted by Gasteiger charge is -2.17. The average Bonchev–Trinajstić information content (AvgIpc) is 2.62. The molecule has 2 unspecified atom stereocenters. The predicted molar refractivity (Wildman–Crippen MR) is 62.5 cm³/mol. The van der Waals surface area contributed by atoms with Crippen LogP contribution in [-0.2, 0) is 0 Å². The SMILES string of the molecule is CSCCC(C)n1cncc1C(C)N. The predicted octanol–water partition coefficient (Wildman–Crippen LogP) is 2.22. The monoisotopic (exact) mass is 213 g/mol. The lowest BCUT2D eigenvalue weighted by atomic mass is 10.2. The molecule has 0 radical (unpaired) electrons. The molecular formula is C10H19N3S. The van der Waals surface area contributed by atoms with Crippen LogP contribution in [-0.4, -0.2) is 21.6 Å². The number of nitrogens with zero attached hydrogens (tertiary/aromatic N) is 2. The van der Waals surface area contributed by atoms with Crippen LogP contribution in [0.15, 0.2) is 12.5 Å². The van der Waals surface area contributed by atoms with Crippen LogP contribution in [0, 0.1) is 0 Å². The minimum Gasteiger partial charge on any atom is -0.330 e. The second kappa shape index (κ2) is 5.41. The van der Waals surface area contributed by atoms with E-state index in [1.165, 1.54) is 5.75 Å². The van der Waals surface area contributed by atoms with Gasteiger partial charge >= 0.3 is 0 Å². The van der Waals surface area contributed by atoms with E-state index in [9.17, 15) is 0 Å². The summed E-state index contributed by atoms with van der Waals surface area (Å²) in [6.45, 7) is 4.21. The number of aromatic nitrogens is 2. The minimum atomic E-state index is 0.0641. The molecular weight excluding hydrogens is 194 g/mol. The van der Waals surface area contributed by atoms with Crippen molar-refractivity contribution in [2.45, 2.75) is 32.4 Å². The second-order valence-corrected chi connectivity index (χ2v) is 4.63. The molecule has 0 fully saturated rings. The van der Waals surface area contributed by atoms with Crippen LogP contribution in [0.2, 0.25) is 0 Å². The van der Waals surface area contributed by atoms with Crippen LogP contribution in [0.4, 0.5) is 0 Å². The smallest absolute Gasteiger partial charge is 0.0951 e. The van der Waals surface area contributed by atoms with Gasteiger partial charge in [-0.2, -0.15) is 11.8 Å². The number of hydrogen-bond acceptors (Lipinski definition) is 3. The van der Waals surface area contributed by atoms with Gasteiger partial charge in [-0.05, 0) is 32.3 Å². The molecule has 0 aliphatic carbocycles. The number of thioether (sulfide) groups is 1. The van der Waals surface area contributed by atoms with E-state index in [1.807, 2.05) is 31.2 Å². The van der Waals surface area contributed by atoms with E-state index in [0.29, 0.717) is 6.04 Å². The first-order chi connectivity index (χ1) is 6.66. The Hall–Kier alpha value is -0.480. The number of imidazole rings is 1. The van der Waals surface area contributed by atoms with E-state index in [-0.39, 0.29) is 6.04 Å². The Morgan fingerprint density at radius 3 is 2.86 bits per heavy atom. The Balaban J connectivity index is 2.68. The molecule has 1 aromatic rings. The first-order valence-corrected chi connectivity index (χ1v) is 6.32. The van der Waals surface area contributed by atoms with Crippen LogP contribution in [0.25, 0.3) is 0 Å². The van der Waals surface area contributed by atoms with E-state index in [0.717, 1.165) is 12.1 Å². The zero-order chi connectivity index (χ0) is 10.6. The summed E-state index contributed by atoms with van der Waals surface area (Å²) in [5.74, 6) is 1.18. The fraction of sp³-hybridized carbons (Fsp3) is 0.700. The Labute approximate surface area is 90.1 Å². The van der Waals surface area contributed by atoms with E-state index >= 15 is 0 Å². The third kappa shape index (κ3) is 2.75. The third-order valence-corrected chi connectivity index (χ3v) is 3.02. The topological polar surface area (TPSA) is 43.8 Å². The first-order valence-electron chi connectivity index (χ1n) is 4.93. The molecule has 4 heteroatoms. The van der Waals surface area contributed by atoms with E-state index in [1.54, 1.807) is 0 Å². The van der Waals surface area contributed by atoms with Crippen molar-refractivity contribution < 1.29 is 0 Å². The molecule has 2 atom stereocenters. The van der Waals surface area contributed by atoms with Gasteiger partial charge in [0, 0.05) is 18.3 Å². The summed E-state index contributed by atoms with van der Waals surface area (Å²) in [7, 11) is 0. The number of nitrogens with two attached hydrogens (primary N) is 1. The van der Waals surface area contributed by atoms with Gasteiger partial charge in [-0.25, -0.2) is 4.98 Å². The average molecular weight is 213 g/mol. The van der Waals surface area contributed by atoms with Gasteiger partial charge in [-0.3, -0.25) is 0 Å². The molecule has 0 aliphatic rings. The molecule has 14 heavy (non-hydrogen) atoms. The van der Waals surface area contributed by atoms with Crippen LogP contribution in [0.5, 0.6) is 0 Å². The Morgan fingerprint density at radius 2 is 2.29 bits per heavy atom. The summed E-state index contributed by atoms with van der Waals surface area (Å²) < 4.78 is 2.18. The molecule has 0 saturated carbocycles. The summed E-state index contributed by atoms with van der Waals surface area (Å²) in [5.41, 5.74) is 6.98. The van der Waals surface area contributed by atoms with Gasteiger partial charge in [0.2, 0.25) is 0 Å². The van der Waals surface area contributed by atoms with Crippen molar-refractivity contribution >= 4 is 11.8 Å². The number of rotatable bonds is 5. The quantitative estimate of drug-likeness (QED) is 0.815. The maximum absolute atomic E-state index is 5.86. The van der Waals surface area contributed by atoms with Gasteiger partial charge in [0.15, 0.2) is 0 Å². The van der Waals surface area contributed by atoms with Crippen molar-refractivity contribution in [1.82, 2.24) is 9.55 Å². The van der Waals surface area contributed by atoms with Crippen molar-refractivity contribution in [2.75, 3.05) is 12.0 Å². The molecule has 2 N–H and O–H groups in total. The van der Waals surface area contributed by atoms with Gasteiger partial charge in [-0.1, -0.05) is 0 Å². The van der Waals surface area contributed by atoms with Crippen LogP contribution in [0.3, 0.4) is 0 Å². The molecule has 3 nitrogen and oxygen atoms in total. The molecule has 0 bridgehead atoms. The maximum atomic E-state index is 5.86. The highest BCUT2D eigenvalue weighted by Crippen LogP contribution is 2.18. The standard InChI is InChI=1S/C10H19N3S/c1-8(4-5-14-3)13-7-12-6-10(13)9(2)11/h6-9H,4-5,11H2,1-3H3. The lowest BCUT2D eigenvalue weighted by Crippen LogP contribution is -2.15. The molecule has 80 valence electrons. The highest BCUT2D eigenvalue weighted by atomic mass is 32.2. The minimum absolute atomic E-state index is 0.0641. The van der Waals surface area contributed by atoms with E-state index < -0.39 is 0 Å². The molecule has 0 amide bonds. The molecule has 0 spiro atoms. The van der Waals surface area contributed by atoms with Crippen LogP contribution in [0.1, 0.15) is 38.0 Å². The molecule has 1 heterocycles. The zero-order valence-corrected chi connectivity index (χ0v) is 9.92. The van der Waals surface area contributed by atoms with Crippen LogP contribution >= 0.6 is 11.8 Å². The van der Waals surface area contributed by atoms with Crippen molar-refractivity contribution in [3.05, 3.63) is 18.2 Å². The number of hydrogen-bond donors (Lipinski definition) is 1. The highest BCUT2D eigenvalue weighted by molar-refractivity contribution is 7.98. The molecule has 0 saturated heterocycles. The van der Waals surface area contributed by atoms with Crippen molar-refractivity contribution in [1.29, 1.82) is 0 Å². The molecule has 0 aliphatic heterocycles. The Morgan fingerprint density at radius 1 is 1.57 bits per heavy atom. The second-order valence-electron chi connectivity index (χ2n) is 3.64. The maximum Gasteiger partial charge on any atom is 0.0951 e. The zero-order valence-electron chi connectivity index (χ0n) is 9.10. The van der Waals surface area contributed by atoms with Gasteiger partial charge in [0.25, 0.3) is 0 Å². The molecule has 0 aromatic carbocycles. The largest absolute Gasteiger partial charge is 0.330 e. The Kier molecular flexibility index (Phi) is 4.48. The third-order valence-electron chi connectivity index (χ3n) is 2.38. The molecule has 1 aromatic heterocycles. The van der Waals surface area contributed by atoms with Crippen molar-refractivity contribution in [3.8, 4) is 0 Å². The van der Waals surface area contributed by atoms with Crippen molar-refractivity contribution in [3.63, 3.8) is 0 Å². The highest BCUT2D eigenvalue weighted by Gasteiger charge is 2.11. The van der Waals surface area contributed by atoms with E-state index in [4.69, 9.17) is 5.73 Å². The normalized spacial score (nSPS) is 15.4. The summed E-state index contributed by atoms with van der Waals surface area (Å²) in [6, 6.07) is 0.556. The van der Waals surface area contributed by atoms with Gasteiger partial charge in [0.05, 0.1) is 12.0 Å². The molecule has 1 rings (SSSR count). The Bertz CT molecular complexity index is 270. The summed E-state index contributed by atoms with van der Waals surface area (Å²) >= 11 is 1.88. The summed E-state index contributed by atoms with van der Waals surface area (Å²) in [4.78, 5) is 4.15. The summed E-state index contributed by atoms with van der Waals surface area (Å²) in [6.07, 6.45) is 7.04. The lowest BCUT2D eigenvalue weighted by molar-refractivity contribution is 0.502. The summed E-state index contributed by atoms with van der Waals surface area (Å²) in [5, 5.41) is 0. The fourth-order valence-electron chi connectivity index (χ4n) is 1.46. The van der Waals surface area contributed by atoms with Gasteiger partial charge in [0.1, 0.15) is 0 Å². The fourth-order valence-corrected chi connectivity index (χ4v) is 2.04. The van der Waals surface area contributed by atoms with E-state index in [2.05, 4.69) is 22.7 Å². The van der Waals surface area contributed by atoms with Crippen LogP contribution < -0.4 is 5.73 Å². The first kappa shape index (κ1) is 11.6. The van der Waals surface area contributed by atoms with Gasteiger partial charge < -0.3 is 10.3 Å².